The minimum atomic E-state index is -0.249. The Kier molecular flexibility index (Phi) is 4.01. The molecule has 5 heteroatoms. The smallest absolute Gasteiger partial charge is 0.244 e. The normalized spacial score (nSPS) is 22.4. The first-order valence-electron chi connectivity index (χ1n) is 7.51. The summed E-state index contributed by atoms with van der Waals surface area (Å²) in [4.78, 5) is 4.44. The Morgan fingerprint density at radius 3 is 3.05 bits per heavy atom. The Balaban J connectivity index is 1.81. The summed E-state index contributed by atoms with van der Waals surface area (Å²) in [6.07, 6.45) is 3.37. The molecule has 2 heterocycles. The van der Waals surface area contributed by atoms with Crippen LogP contribution in [-0.2, 0) is 0 Å². The quantitative estimate of drug-likeness (QED) is 0.937. The first kappa shape index (κ1) is 14.2. The first-order chi connectivity index (χ1) is 10.2. The fraction of sp³-hybridized carbons (Fsp3) is 0.500. The second-order valence-electron chi connectivity index (χ2n) is 5.73. The molecule has 0 saturated carbocycles. The number of halogens is 1. The van der Waals surface area contributed by atoms with E-state index in [1.165, 1.54) is 18.9 Å². The predicted octanol–water partition coefficient (Wildman–Crippen LogP) is 3.63. The van der Waals surface area contributed by atoms with Gasteiger partial charge in [-0.25, -0.2) is 4.39 Å². The van der Waals surface area contributed by atoms with Crippen molar-refractivity contribution in [3.05, 3.63) is 35.5 Å². The van der Waals surface area contributed by atoms with Crippen LogP contribution in [0.5, 0.6) is 0 Å². The zero-order valence-electron chi connectivity index (χ0n) is 12.4. The SMILES string of the molecule is CCC1CCNC(c2nc(-c3ccc(C)c(F)c3)no2)C1. The second kappa shape index (κ2) is 5.93. The Morgan fingerprint density at radius 2 is 2.29 bits per heavy atom. The molecule has 1 aromatic carbocycles. The lowest BCUT2D eigenvalue weighted by molar-refractivity contribution is 0.246. The standard InChI is InChI=1S/C16H20FN3O/c1-3-11-6-7-18-14(8-11)16-19-15(20-21-16)12-5-4-10(2)13(17)9-12/h4-5,9,11,14,18H,3,6-8H2,1-2H3. The van der Waals surface area contributed by atoms with Crippen LogP contribution in [-0.4, -0.2) is 16.7 Å². The van der Waals surface area contributed by atoms with E-state index in [4.69, 9.17) is 4.52 Å². The van der Waals surface area contributed by atoms with Crippen LogP contribution < -0.4 is 5.32 Å². The molecule has 21 heavy (non-hydrogen) atoms. The van der Waals surface area contributed by atoms with Gasteiger partial charge in [-0.2, -0.15) is 4.98 Å². The molecular weight excluding hydrogens is 269 g/mol. The number of rotatable bonds is 3. The van der Waals surface area contributed by atoms with Gasteiger partial charge in [-0.05, 0) is 43.9 Å². The molecule has 1 N–H and O–H groups in total. The fourth-order valence-electron chi connectivity index (χ4n) is 2.78. The van der Waals surface area contributed by atoms with Crippen molar-refractivity contribution in [2.24, 2.45) is 5.92 Å². The number of hydrogen-bond acceptors (Lipinski definition) is 4. The number of piperidine rings is 1. The van der Waals surface area contributed by atoms with Crippen molar-refractivity contribution in [3.8, 4) is 11.4 Å². The Hall–Kier alpha value is -1.75. The first-order valence-corrected chi connectivity index (χ1v) is 7.51. The summed E-state index contributed by atoms with van der Waals surface area (Å²) in [5, 5.41) is 7.41. The van der Waals surface area contributed by atoms with Gasteiger partial charge in [0.15, 0.2) is 0 Å². The van der Waals surface area contributed by atoms with Gasteiger partial charge in [-0.1, -0.05) is 30.6 Å². The molecule has 0 spiro atoms. The highest BCUT2D eigenvalue weighted by Crippen LogP contribution is 2.29. The molecule has 0 amide bonds. The second-order valence-corrected chi connectivity index (χ2v) is 5.73. The number of benzene rings is 1. The lowest BCUT2D eigenvalue weighted by Gasteiger charge is -2.27. The van der Waals surface area contributed by atoms with Crippen molar-refractivity contribution in [2.75, 3.05) is 6.54 Å². The molecule has 1 aliphatic rings. The summed E-state index contributed by atoms with van der Waals surface area (Å²) in [7, 11) is 0. The molecule has 0 bridgehead atoms. The Bertz CT molecular complexity index is 626. The van der Waals surface area contributed by atoms with Crippen LogP contribution in [0.15, 0.2) is 22.7 Å². The lowest BCUT2D eigenvalue weighted by atomic mass is 9.90. The minimum absolute atomic E-state index is 0.111. The molecular formula is C16H20FN3O. The number of hydrogen-bond donors (Lipinski definition) is 1. The monoisotopic (exact) mass is 289 g/mol. The van der Waals surface area contributed by atoms with Gasteiger partial charge in [0.2, 0.25) is 11.7 Å². The summed E-state index contributed by atoms with van der Waals surface area (Å²) in [5.41, 5.74) is 1.26. The van der Waals surface area contributed by atoms with E-state index in [-0.39, 0.29) is 11.9 Å². The van der Waals surface area contributed by atoms with E-state index in [1.54, 1.807) is 13.0 Å². The molecule has 2 aromatic rings. The summed E-state index contributed by atoms with van der Waals surface area (Å²) >= 11 is 0. The molecule has 1 aromatic heterocycles. The predicted molar refractivity (Wildman–Crippen MR) is 78.2 cm³/mol. The van der Waals surface area contributed by atoms with Gasteiger partial charge in [-0.15, -0.1) is 0 Å². The maximum atomic E-state index is 13.6. The molecule has 3 rings (SSSR count). The van der Waals surface area contributed by atoms with Crippen molar-refractivity contribution in [2.45, 2.75) is 39.2 Å². The largest absolute Gasteiger partial charge is 0.337 e. The summed E-state index contributed by atoms with van der Waals surface area (Å²) in [6.45, 7) is 4.92. The van der Waals surface area contributed by atoms with Gasteiger partial charge in [0.25, 0.3) is 0 Å². The van der Waals surface area contributed by atoms with Gasteiger partial charge in [0.05, 0.1) is 6.04 Å². The van der Waals surface area contributed by atoms with E-state index >= 15 is 0 Å². The maximum Gasteiger partial charge on any atom is 0.244 e. The van der Waals surface area contributed by atoms with E-state index in [9.17, 15) is 4.39 Å². The molecule has 1 fully saturated rings. The number of nitrogens with one attached hydrogen (secondary N) is 1. The zero-order chi connectivity index (χ0) is 14.8. The van der Waals surface area contributed by atoms with Crippen LogP contribution in [0.2, 0.25) is 0 Å². The molecule has 2 unspecified atom stereocenters. The molecule has 4 nitrogen and oxygen atoms in total. The van der Waals surface area contributed by atoms with Crippen molar-refractivity contribution < 1.29 is 8.91 Å². The molecule has 1 aliphatic heterocycles. The van der Waals surface area contributed by atoms with Crippen LogP contribution in [0.25, 0.3) is 11.4 Å². The van der Waals surface area contributed by atoms with Crippen LogP contribution in [0, 0.1) is 18.7 Å². The van der Waals surface area contributed by atoms with Crippen molar-refractivity contribution in [1.82, 2.24) is 15.5 Å². The Morgan fingerprint density at radius 1 is 1.43 bits per heavy atom. The van der Waals surface area contributed by atoms with Gasteiger partial charge in [0.1, 0.15) is 5.82 Å². The van der Waals surface area contributed by atoms with E-state index in [0.717, 1.165) is 13.0 Å². The van der Waals surface area contributed by atoms with Crippen molar-refractivity contribution >= 4 is 0 Å². The van der Waals surface area contributed by atoms with Crippen molar-refractivity contribution in [1.29, 1.82) is 0 Å². The molecule has 1 saturated heterocycles. The van der Waals surface area contributed by atoms with Gasteiger partial charge in [0, 0.05) is 5.56 Å². The fourth-order valence-corrected chi connectivity index (χ4v) is 2.78. The van der Waals surface area contributed by atoms with Gasteiger partial charge < -0.3 is 9.84 Å². The number of aryl methyl sites for hydroxylation is 1. The highest BCUT2D eigenvalue weighted by atomic mass is 19.1. The summed E-state index contributed by atoms with van der Waals surface area (Å²) in [6, 6.07) is 5.11. The molecule has 0 aliphatic carbocycles. The zero-order valence-corrected chi connectivity index (χ0v) is 12.4. The molecule has 112 valence electrons. The van der Waals surface area contributed by atoms with Gasteiger partial charge >= 0.3 is 0 Å². The van der Waals surface area contributed by atoms with Crippen LogP contribution >= 0.6 is 0 Å². The minimum Gasteiger partial charge on any atom is -0.337 e. The molecule has 0 radical (unpaired) electrons. The Labute approximate surface area is 123 Å². The van der Waals surface area contributed by atoms with Crippen LogP contribution in [0.1, 0.15) is 43.7 Å². The number of nitrogens with zero attached hydrogens (tertiary/aromatic N) is 2. The van der Waals surface area contributed by atoms with E-state index in [1.807, 2.05) is 6.07 Å². The highest BCUT2D eigenvalue weighted by molar-refractivity contribution is 5.55. The maximum absolute atomic E-state index is 13.6. The number of aromatic nitrogens is 2. The third-order valence-corrected chi connectivity index (χ3v) is 4.26. The molecule has 2 atom stereocenters. The lowest BCUT2D eigenvalue weighted by Crippen LogP contribution is -2.31. The summed E-state index contributed by atoms with van der Waals surface area (Å²) < 4.78 is 19.0. The van der Waals surface area contributed by atoms with E-state index < -0.39 is 0 Å². The van der Waals surface area contributed by atoms with Crippen LogP contribution in [0.3, 0.4) is 0 Å². The average molecular weight is 289 g/mol. The summed E-state index contributed by atoms with van der Waals surface area (Å²) in [5.74, 6) is 1.50. The van der Waals surface area contributed by atoms with E-state index in [0.29, 0.717) is 28.8 Å². The third kappa shape index (κ3) is 2.97. The highest BCUT2D eigenvalue weighted by Gasteiger charge is 2.26. The van der Waals surface area contributed by atoms with Crippen LogP contribution in [0.4, 0.5) is 4.39 Å². The third-order valence-electron chi connectivity index (χ3n) is 4.26. The van der Waals surface area contributed by atoms with Crippen molar-refractivity contribution in [3.63, 3.8) is 0 Å². The van der Waals surface area contributed by atoms with Gasteiger partial charge in [-0.3, -0.25) is 0 Å². The van der Waals surface area contributed by atoms with E-state index in [2.05, 4.69) is 22.4 Å². The average Bonchev–Trinajstić information content (AvgIpc) is 3.00. The topological polar surface area (TPSA) is 51.0 Å².